The van der Waals surface area contributed by atoms with Crippen molar-refractivity contribution >= 4 is 0 Å². The first-order valence-corrected chi connectivity index (χ1v) is 6.17. The summed E-state index contributed by atoms with van der Waals surface area (Å²) >= 11 is 0. The van der Waals surface area contributed by atoms with E-state index in [1.807, 2.05) is 38.2 Å². The summed E-state index contributed by atoms with van der Waals surface area (Å²) in [5, 5.41) is 3.09. The quantitative estimate of drug-likeness (QED) is 0.848. The van der Waals surface area contributed by atoms with Crippen LogP contribution in [0.25, 0.3) is 0 Å². The van der Waals surface area contributed by atoms with Gasteiger partial charge in [-0.25, -0.2) is 0 Å². The van der Waals surface area contributed by atoms with Gasteiger partial charge in [0.2, 0.25) is 0 Å². The molecule has 1 aromatic heterocycles. The summed E-state index contributed by atoms with van der Waals surface area (Å²) in [5.41, 5.74) is 2.32. The largest absolute Gasteiger partial charge is 0.467 e. The van der Waals surface area contributed by atoms with Gasteiger partial charge in [0, 0.05) is 12.1 Å². The van der Waals surface area contributed by atoms with Gasteiger partial charge in [-0.3, -0.25) is 0 Å². The molecule has 0 aliphatic heterocycles. The highest BCUT2D eigenvalue weighted by Gasteiger charge is 2.07. The number of hydrogen-bond donors (Lipinski definition) is 1. The molecule has 0 amide bonds. The molecule has 0 aliphatic rings. The van der Waals surface area contributed by atoms with Crippen molar-refractivity contribution in [3.63, 3.8) is 0 Å². The molecule has 0 bridgehead atoms. The van der Waals surface area contributed by atoms with Gasteiger partial charge in [-0.05, 0) is 25.6 Å². The van der Waals surface area contributed by atoms with E-state index in [9.17, 15) is 0 Å². The third-order valence-electron chi connectivity index (χ3n) is 2.83. The van der Waals surface area contributed by atoms with Gasteiger partial charge in [-0.1, -0.05) is 30.3 Å². The van der Waals surface area contributed by atoms with E-state index >= 15 is 0 Å². The molecule has 18 heavy (non-hydrogen) atoms. The second kappa shape index (κ2) is 6.38. The summed E-state index contributed by atoms with van der Waals surface area (Å²) in [6.07, 6.45) is 1.84. The highest BCUT2D eigenvalue weighted by molar-refractivity contribution is 5.17. The van der Waals surface area contributed by atoms with Crippen LogP contribution in [0.2, 0.25) is 0 Å². The first kappa shape index (κ1) is 12.9. The van der Waals surface area contributed by atoms with Gasteiger partial charge in [0.1, 0.15) is 12.4 Å². The molecule has 3 heteroatoms. The molecule has 1 atom stereocenters. The molecule has 3 nitrogen and oxygen atoms in total. The summed E-state index contributed by atoms with van der Waals surface area (Å²) in [4.78, 5) is 0. The SMILES string of the molecule is CNCc1coc(COC(C)c2ccccc2)c1. The van der Waals surface area contributed by atoms with E-state index in [0.717, 1.165) is 17.9 Å². The highest BCUT2D eigenvalue weighted by atomic mass is 16.5. The molecular weight excluding hydrogens is 226 g/mol. The van der Waals surface area contributed by atoms with Crippen molar-refractivity contribution in [3.8, 4) is 0 Å². The minimum Gasteiger partial charge on any atom is -0.467 e. The van der Waals surface area contributed by atoms with Gasteiger partial charge in [-0.15, -0.1) is 0 Å². The Kier molecular flexibility index (Phi) is 4.56. The third-order valence-corrected chi connectivity index (χ3v) is 2.83. The lowest BCUT2D eigenvalue weighted by Gasteiger charge is -2.11. The summed E-state index contributed by atoms with van der Waals surface area (Å²) in [5.74, 6) is 0.864. The van der Waals surface area contributed by atoms with E-state index in [2.05, 4.69) is 17.4 Å². The smallest absolute Gasteiger partial charge is 0.129 e. The number of benzene rings is 1. The van der Waals surface area contributed by atoms with Gasteiger partial charge in [0.05, 0.1) is 12.4 Å². The minimum atomic E-state index is 0.0732. The molecule has 1 unspecified atom stereocenters. The highest BCUT2D eigenvalue weighted by Crippen LogP contribution is 2.18. The summed E-state index contributed by atoms with van der Waals surface area (Å²) in [6, 6.07) is 12.2. The summed E-state index contributed by atoms with van der Waals surface area (Å²) in [7, 11) is 1.92. The monoisotopic (exact) mass is 245 g/mol. The Morgan fingerprint density at radius 1 is 1.28 bits per heavy atom. The molecule has 0 radical (unpaired) electrons. The molecular formula is C15H19NO2. The lowest BCUT2D eigenvalue weighted by molar-refractivity contribution is 0.0420. The van der Waals surface area contributed by atoms with Gasteiger partial charge < -0.3 is 14.5 Å². The number of nitrogens with one attached hydrogen (secondary N) is 1. The topological polar surface area (TPSA) is 34.4 Å². The Balaban J connectivity index is 1.87. The predicted octanol–water partition coefficient (Wildman–Crippen LogP) is 3.28. The van der Waals surface area contributed by atoms with Crippen LogP contribution in [-0.2, 0) is 17.9 Å². The molecule has 96 valence electrons. The van der Waals surface area contributed by atoms with Crippen LogP contribution in [0, 0.1) is 0 Å². The maximum absolute atomic E-state index is 5.79. The molecule has 2 aromatic rings. The van der Waals surface area contributed by atoms with E-state index in [4.69, 9.17) is 9.15 Å². The van der Waals surface area contributed by atoms with Crippen LogP contribution in [0.1, 0.15) is 29.9 Å². The first-order chi connectivity index (χ1) is 8.79. The predicted molar refractivity (Wildman–Crippen MR) is 71.1 cm³/mol. The van der Waals surface area contributed by atoms with E-state index < -0.39 is 0 Å². The van der Waals surface area contributed by atoms with Crippen LogP contribution in [0.3, 0.4) is 0 Å². The van der Waals surface area contributed by atoms with Crippen molar-refractivity contribution in [3.05, 3.63) is 59.5 Å². The van der Waals surface area contributed by atoms with E-state index in [0.29, 0.717) is 6.61 Å². The number of furan rings is 1. The second-order valence-corrected chi connectivity index (χ2v) is 4.32. The van der Waals surface area contributed by atoms with Crippen LogP contribution < -0.4 is 5.32 Å². The van der Waals surface area contributed by atoms with Crippen LogP contribution in [0.5, 0.6) is 0 Å². The zero-order valence-corrected chi connectivity index (χ0v) is 10.8. The van der Waals surface area contributed by atoms with Crippen molar-refractivity contribution in [2.24, 2.45) is 0 Å². The number of ether oxygens (including phenoxy) is 1. The van der Waals surface area contributed by atoms with E-state index in [1.54, 1.807) is 6.26 Å². The fourth-order valence-corrected chi connectivity index (χ4v) is 1.83. The van der Waals surface area contributed by atoms with Crippen molar-refractivity contribution < 1.29 is 9.15 Å². The zero-order chi connectivity index (χ0) is 12.8. The second-order valence-electron chi connectivity index (χ2n) is 4.32. The normalized spacial score (nSPS) is 12.6. The summed E-state index contributed by atoms with van der Waals surface area (Å²) < 4.78 is 11.2. The molecule has 1 heterocycles. The van der Waals surface area contributed by atoms with Crippen LogP contribution in [0.15, 0.2) is 47.1 Å². The van der Waals surface area contributed by atoms with Gasteiger partial charge in [-0.2, -0.15) is 0 Å². The maximum atomic E-state index is 5.79. The molecule has 2 rings (SSSR count). The Hall–Kier alpha value is -1.58. The van der Waals surface area contributed by atoms with E-state index in [-0.39, 0.29) is 6.10 Å². The van der Waals surface area contributed by atoms with Crippen molar-refractivity contribution in [1.29, 1.82) is 0 Å². The van der Waals surface area contributed by atoms with Crippen molar-refractivity contribution in [1.82, 2.24) is 5.32 Å². The summed E-state index contributed by atoms with van der Waals surface area (Å²) in [6.45, 7) is 3.37. The fraction of sp³-hybridized carbons (Fsp3) is 0.333. The van der Waals surface area contributed by atoms with Crippen molar-refractivity contribution in [2.75, 3.05) is 7.05 Å². The molecule has 0 saturated carbocycles. The Bertz CT molecular complexity index is 464. The first-order valence-electron chi connectivity index (χ1n) is 6.17. The van der Waals surface area contributed by atoms with Gasteiger partial charge >= 0.3 is 0 Å². The molecule has 0 aliphatic carbocycles. The van der Waals surface area contributed by atoms with Gasteiger partial charge in [0.15, 0.2) is 0 Å². The average molecular weight is 245 g/mol. The lowest BCUT2D eigenvalue weighted by Crippen LogP contribution is -2.03. The van der Waals surface area contributed by atoms with E-state index in [1.165, 1.54) is 5.56 Å². The van der Waals surface area contributed by atoms with Crippen LogP contribution in [-0.4, -0.2) is 7.05 Å². The zero-order valence-electron chi connectivity index (χ0n) is 10.8. The third kappa shape index (κ3) is 3.45. The van der Waals surface area contributed by atoms with Crippen molar-refractivity contribution in [2.45, 2.75) is 26.2 Å². The number of hydrogen-bond acceptors (Lipinski definition) is 3. The fourth-order valence-electron chi connectivity index (χ4n) is 1.83. The van der Waals surface area contributed by atoms with Crippen LogP contribution in [0.4, 0.5) is 0 Å². The molecule has 0 saturated heterocycles. The standard InChI is InChI=1S/C15H19NO2/c1-12(14-6-4-3-5-7-14)17-11-15-8-13(9-16-2)10-18-15/h3-8,10,12,16H,9,11H2,1-2H3. The Morgan fingerprint density at radius 3 is 2.78 bits per heavy atom. The average Bonchev–Trinajstić information content (AvgIpc) is 2.85. The Morgan fingerprint density at radius 2 is 2.06 bits per heavy atom. The lowest BCUT2D eigenvalue weighted by atomic mass is 10.1. The molecule has 1 N–H and O–H groups in total. The van der Waals surface area contributed by atoms with Crippen LogP contribution >= 0.6 is 0 Å². The molecule has 0 fully saturated rings. The molecule has 0 spiro atoms. The molecule has 1 aromatic carbocycles. The Labute approximate surface area is 108 Å². The number of rotatable bonds is 6. The van der Waals surface area contributed by atoms with Gasteiger partial charge in [0.25, 0.3) is 0 Å². The maximum Gasteiger partial charge on any atom is 0.129 e. The minimum absolute atomic E-state index is 0.0732.